The van der Waals surface area contributed by atoms with Gasteiger partial charge in [0.1, 0.15) is 0 Å². The highest BCUT2D eigenvalue weighted by molar-refractivity contribution is 5.94. The van der Waals surface area contributed by atoms with Crippen LogP contribution in [0.4, 0.5) is 0 Å². The zero-order valence-corrected chi connectivity index (χ0v) is 19.7. The van der Waals surface area contributed by atoms with Gasteiger partial charge in [0.15, 0.2) is 5.82 Å². The number of aromatic nitrogens is 3. The van der Waals surface area contributed by atoms with E-state index in [1.54, 1.807) is 42.7 Å². The predicted octanol–water partition coefficient (Wildman–Crippen LogP) is 2.76. The van der Waals surface area contributed by atoms with E-state index in [1.807, 2.05) is 11.8 Å². The van der Waals surface area contributed by atoms with Crippen LogP contribution in [0.3, 0.4) is 0 Å². The lowest BCUT2D eigenvalue weighted by molar-refractivity contribution is 0.00158. The minimum absolute atomic E-state index is 0.0249. The molecule has 3 aromatic rings. The molecule has 2 fully saturated rings. The van der Waals surface area contributed by atoms with Crippen molar-refractivity contribution >= 4 is 5.91 Å². The Balaban J connectivity index is 1.26. The summed E-state index contributed by atoms with van der Waals surface area (Å²) in [6, 6.07) is 11.3. The largest absolute Gasteiger partial charge is 0.493 e. The number of likely N-dealkylation sites (tertiary alicyclic amines) is 1. The molecule has 0 bridgehead atoms. The molecular formula is C26H28N6O3. The van der Waals surface area contributed by atoms with Crippen LogP contribution in [-0.2, 0) is 4.74 Å². The Labute approximate surface area is 204 Å². The fraction of sp³-hybridized carbons (Fsp3) is 0.385. The summed E-state index contributed by atoms with van der Waals surface area (Å²) in [6.07, 6.45) is 5.05. The topological polar surface area (TPSA) is 108 Å². The van der Waals surface area contributed by atoms with Gasteiger partial charge in [0.25, 0.3) is 5.91 Å². The van der Waals surface area contributed by atoms with E-state index in [2.05, 4.69) is 21.1 Å². The minimum atomic E-state index is -0.0467. The molecule has 0 saturated carbocycles. The number of hydrogen-bond donors (Lipinski definition) is 1. The summed E-state index contributed by atoms with van der Waals surface area (Å²) in [7, 11) is 0. The van der Waals surface area contributed by atoms with E-state index in [9.17, 15) is 9.90 Å². The first kappa shape index (κ1) is 23.0. The molecule has 180 valence electrons. The Morgan fingerprint density at radius 3 is 2.51 bits per heavy atom. The molecular weight excluding hydrogens is 444 g/mol. The van der Waals surface area contributed by atoms with Gasteiger partial charge < -0.3 is 14.7 Å². The van der Waals surface area contributed by atoms with Crippen LogP contribution < -0.4 is 0 Å². The van der Waals surface area contributed by atoms with Crippen LogP contribution in [0.5, 0.6) is 5.88 Å². The summed E-state index contributed by atoms with van der Waals surface area (Å²) in [5.74, 6) is 0.347. The van der Waals surface area contributed by atoms with E-state index in [-0.39, 0.29) is 11.8 Å². The van der Waals surface area contributed by atoms with Gasteiger partial charge in [-0.1, -0.05) is 6.07 Å². The maximum Gasteiger partial charge on any atom is 0.255 e. The second-order valence-corrected chi connectivity index (χ2v) is 9.01. The van der Waals surface area contributed by atoms with Crippen LogP contribution in [0, 0.1) is 18.3 Å². The molecule has 35 heavy (non-hydrogen) atoms. The van der Waals surface area contributed by atoms with Gasteiger partial charge >= 0.3 is 0 Å². The maximum absolute atomic E-state index is 13.0. The Kier molecular flexibility index (Phi) is 6.49. The molecule has 0 unspecified atom stereocenters. The minimum Gasteiger partial charge on any atom is -0.493 e. The number of nitrogens with zero attached hydrogens (tertiary/aromatic N) is 6. The van der Waals surface area contributed by atoms with Gasteiger partial charge in [-0.2, -0.15) is 15.0 Å². The van der Waals surface area contributed by atoms with Crippen LogP contribution in [0.25, 0.3) is 16.9 Å². The average Bonchev–Trinajstić information content (AvgIpc) is 3.29. The monoisotopic (exact) mass is 472 g/mol. The summed E-state index contributed by atoms with van der Waals surface area (Å²) in [4.78, 5) is 21.8. The lowest BCUT2D eigenvalue weighted by atomic mass is 10.0. The highest BCUT2D eigenvalue weighted by Gasteiger charge is 2.28. The fourth-order valence-electron chi connectivity index (χ4n) is 4.93. The van der Waals surface area contributed by atoms with E-state index in [1.165, 1.54) is 4.68 Å². The van der Waals surface area contributed by atoms with Crippen molar-refractivity contribution in [3.8, 4) is 28.9 Å². The van der Waals surface area contributed by atoms with Gasteiger partial charge in [-0.05, 0) is 55.2 Å². The number of hydrogen-bond acceptors (Lipinski definition) is 7. The number of nitriles is 1. The third kappa shape index (κ3) is 4.63. The van der Waals surface area contributed by atoms with Crippen molar-refractivity contribution in [2.75, 3.05) is 39.4 Å². The molecule has 4 heterocycles. The number of benzene rings is 1. The molecule has 2 aromatic heterocycles. The zero-order chi connectivity index (χ0) is 24.4. The Hall–Kier alpha value is -3.74. The number of ether oxygens (including phenoxy) is 1. The molecule has 0 radical (unpaired) electrons. The SMILES string of the molecule is Cc1cc(C#N)ccc1-c1cnn(-c2ccc(C(=O)N3CCC(N4CCOCC4)CC3)cn2)c1O. The molecule has 1 aromatic carbocycles. The standard InChI is InChI=1S/C26H28N6O3/c1-18-14-19(15-27)2-4-22(18)23-17-29-32(26(23)34)24-5-3-20(16-28-24)25(33)31-8-6-21(7-9-31)30-10-12-35-13-11-30/h2-5,14,16-17,21,34H,6-13H2,1H3. The average molecular weight is 473 g/mol. The molecule has 1 amide bonds. The molecule has 2 saturated heterocycles. The van der Waals surface area contributed by atoms with Gasteiger partial charge in [-0.25, -0.2) is 4.98 Å². The van der Waals surface area contributed by atoms with Crippen molar-refractivity contribution in [2.24, 2.45) is 0 Å². The van der Waals surface area contributed by atoms with Crippen LogP contribution in [0.1, 0.15) is 34.3 Å². The lowest BCUT2D eigenvalue weighted by Gasteiger charge is -2.40. The zero-order valence-electron chi connectivity index (χ0n) is 19.7. The van der Waals surface area contributed by atoms with Gasteiger partial charge in [0.2, 0.25) is 5.88 Å². The van der Waals surface area contributed by atoms with E-state index in [4.69, 9.17) is 10.00 Å². The summed E-state index contributed by atoms with van der Waals surface area (Å²) in [5.41, 5.74) is 3.29. The second-order valence-electron chi connectivity index (χ2n) is 9.01. The second kappa shape index (κ2) is 9.86. The number of carbonyl (C=O) groups excluding carboxylic acids is 1. The van der Waals surface area contributed by atoms with Crippen molar-refractivity contribution in [2.45, 2.75) is 25.8 Å². The summed E-state index contributed by atoms with van der Waals surface area (Å²) < 4.78 is 6.79. The van der Waals surface area contributed by atoms with Gasteiger partial charge in [0, 0.05) is 38.4 Å². The maximum atomic E-state index is 13.0. The number of carbonyl (C=O) groups is 1. The third-order valence-corrected chi connectivity index (χ3v) is 6.92. The quantitative estimate of drug-likeness (QED) is 0.622. The molecule has 9 heteroatoms. The fourth-order valence-corrected chi connectivity index (χ4v) is 4.93. The molecule has 2 aliphatic heterocycles. The smallest absolute Gasteiger partial charge is 0.255 e. The molecule has 5 rings (SSSR count). The molecule has 2 aliphatic rings. The van der Waals surface area contributed by atoms with Crippen LogP contribution >= 0.6 is 0 Å². The van der Waals surface area contributed by atoms with E-state index >= 15 is 0 Å². The van der Waals surface area contributed by atoms with Gasteiger partial charge in [-0.15, -0.1) is 0 Å². The highest BCUT2D eigenvalue weighted by atomic mass is 16.5. The van der Waals surface area contributed by atoms with Crippen LogP contribution in [0.15, 0.2) is 42.7 Å². The van der Waals surface area contributed by atoms with Crippen molar-refractivity contribution in [1.29, 1.82) is 5.26 Å². The van der Waals surface area contributed by atoms with Crippen LogP contribution in [-0.4, -0.2) is 81.0 Å². The first-order chi connectivity index (χ1) is 17.0. The molecule has 0 spiro atoms. The van der Waals surface area contributed by atoms with Gasteiger partial charge in [-0.3, -0.25) is 9.69 Å². The lowest BCUT2D eigenvalue weighted by Crippen LogP contribution is -2.50. The highest BCUT2D eigenvalue weighted by Crippen LogP contribution is 2.33. The first-order valence-electron chi connectivity index (χ1n) is 11.9. The number of pyridine rings is 1. The van der Waals surface area contributed by atoms with Crippen molar-refractivity contribution in [1.82, 2.24) is 24.6 Å². The van der Waals surface area contributed by atoms with E-state index < -0.39 is 0 Å². The predicted molar refractivity (Wildman–Crippen MR) is 129 cm³/mol. The molecule has 1 N–H and O–H groups in total. The number of aromatic hydroxyl groups is 1. The summed E-state index contributed by atoms with van der Waals surface area (Å²) in [6.45, 7) is 6.86. The van der Waals surface area contributed by atoms with Crippen molar-refractivity contribution < 1.29 is 14.6 Å². The molecule has 9 nitrogen and oxygen atoms in total. The number of morpholine rings is 1. The van der Waals surface area contributed by atoms with Crippen LogP contribution in [0.2, 0.25) is 0 Å². The van der Waals surface area contributed by atoms with Gasteiger partial charge in [0.05, 0.1) is 42.2 Å². The summed E-state index contributed by atoms with van der Waals surface area (Å²) >= 11 is 0. The Morgan fingerprint density at radius 1 is 1.09 bits per heavy atom. The number of aryl methyl sites for hydroxylation is 1. The van der Waals surface area contributed by atoms with Crippen molar-refractivity contribution in [3.05, 3.63) is 59.4 Å². The molecule has 0 atom stereocenters. The number of amides is 1. The third-order valence-electron chi connectivity index (χ3n) is 6.92. The van der Waals surface area contributed by atoms with E-state index in [0.29, 0.717) is 28.6 Å². The normalized spacial score (nSPS) is 17.3. The van der Waals surface area contributed by atoms with Crippen molar-refractivity contribution in [3.63, 3.8) is 0 Å². The Morgan fingerprint density at radius 2 is 1.86 bits per heavy atom. The van der Waals surface area contributed by atoms with E-state index in [0.717, 1.165) is 63.4 Å². The number of piperidine rings is 1. The molecule has 0 aliphatic carbocycles. The number of rotatable bonds is 4. The Bertz CT molecular complexity index is 1250. The first-order valence-corrected chi connectivity index (χ1v) is 11.9. The summed E-state index contributed by atoms with van der Waals surface area (Å²) in [5, 5.41) is 24.2.